The predicted octanol–water partition coefficient (Wildman–Crippen LogP) is 3.66. The molecule has 0 saturated carbocycles. The number of allylic oxidation sites excluding steroid dienone is 4. The first-order valence-corrected chi connectivity index (χ1v) is 6.18. The van der Waals surface area contributed by atoms with Crippen molar-refractivity contribution in [3.8, 4) is 0 Å². The van der Waals surface area contributed by atoms with Crippen LogP contribution in [0.15, 0.2) is 33.8 Å². The van der Waals surface area contributed by atoms with E-state index in [1.807, 2.05) is 13.0 Å². The van der Waals surface area contributed by atoms with E-state index in [1.165, 1.54) is 16.7 Å². The molecule has 2 heteroatoms. The Labute approximate surface area is 99.7 Å². The van der Waals surface area contributed by atoms with Crippen molar-refractivity contribution in [1.82, 2.24) is 0 Å². The van der Waals surface area contributed by atoms with Crippen molar-refractivity contribution in [2.75, 3.05) is 0 Å². The van der Waals surface area contributed by atoms with E-state index in [9.17, 15) is 0 Å². The minimum atomic E-state index is 0.591. The Balaban J connectivity index is 2.37. The molecule has 1 aliphatic carbocycles. The van der Waals surface area contributed by atoms with Crippen molar-refractivity contribution < 1.29 is 29.1 Å². The van der Waals surface area contributed by atoms with E-state index in [4.69, 9.17) is 4.42 Å². The molecule has 1 aromatic heterocycles. The van der Waals surface area contributed by atoms with Crippen LogP contribution in [0, 0.1) is 6.92 Å². The van der Waals surface area contributed by atoms with E-state index in [-0.39, 0.29) is 0 Å². The van der Waals surface area contributed by atoms with Gasteiger partial charge in [0.15, 0.2) is 0 Å². The second-order valence-electron chi connectivity index (χ2n) is 3.81. The van der Waals surface area contributed by atoms with Crippen LogP contribution in [0.4, 0.5) is 0 Å². The normalized spacial score (nSPS) is 21.6. The summed E-state index contributed by atoms with van der Waals surface area (Å²) in [6.07, 6.45) is 2.26. The summed E-state index contributed by atoms with van der Waals surface area (Å²) < 4.78 is 6.24. The Hall–Kier alpha value is -0.357. The monoisotopic (exact) mass is 263 g/mol. The maximum absolute atomic E-state index is 5.65. The quantitative estimate of drug-likeness (QED) is 0.754. The van der Waals surface area contributed by atoms with Crippen LogP contribution >= 0.6 is 0 Å². The van der Waals surface area contributed by atoms with Crippen molar-refractivity contribution in [3.63, 3.8) is 0 Å². The molecule has 0 amide bonds. The third-order valence-electron chi connectivity index (χ3n) is 2.76. The molecular weight excluding hydrogens is 251 g/mol. The van der Waals surface area contributed by atoms with Crippen LogP contribution in [-0.4, -0.2) is 0 Å². The van der Waals surface area contributed by atoms with Crippen molar-refractivity contribution >= 4 is 5.57 Å². The van der Waals surface area contributed by atoms with Gasteiger partial charge in [0.2, 0.25) is 0 Å². The molecule has 1 aliphatic rings. The van der Waals surface area contributed by atoms with Crippen molar-refractivity contribution in [3.05, 3.63) is 40.9 Å². The Morgan fingerprint density at radius 1 is 1.21 bits per heavy atom. The summed E-state index contributed by atoms with van der Waals surface area (Å²) in [6.45, 7) is 6.38. The zero-order chi connectivity index (χ0) is 10.3. The number of furan rings is 1. The summed E-state index contributed by atoms with van der Waals surface area (Å²) in [6, 6.07) is 4.10. The maximum atomic E-state index is 5.65. The molecular formula is C12H13OZr. The van der Waals surface area contributed by atoms with E-state index < -0.39 is 0 Å². The van der Waals surface area contributed by atoms with Crippen molar-refractivity contribution in [2.45, 2.75) is 24.4 Å². The van der Waals surface area contributed by atoms with E-state index in [0.29, 0.717) is 3.63 Å². The number of aryl methyl sites for hydroxylation is 1. The molecule has 0 spiro atoms. The van der Waals surface area contributed by atoms with Gasteiger partial charge in [-0.15, -0.1) is 0 Å². The fraction of sp³-hybridized carbons (Fsp3) is 0.333. The third-order valence-corrected chi connectivity index (χ3v) is 4.59. The SMILES string of the molecule is CC1=C(C)[CH]([Zr])C(c2ccc(C)o2)=C1. The predicted molar refractivity (Wildman–Crippen MR) is 53.5 cm³/mol. The summed E-state index contributed by atoms with van der Waals surface area (Å²) >= 11 is 1.54. The Morgan fingerprint density at radius 3 is 2.36 bits per heavy atom. The molecule has 0 radical (unpaired) electrons. The second-order valence-corrected chi connectivity index (χ2v) is 5.23. The van der Waals surface area contributed by atoms with Crippen LogP contribution in [0.1, 0.15) is 25.4 Å². The first kappa shape index (κ1) is 10.2. The first-order valence-electron chi connectivity index (χ1n) is 4.76. The molecule has 1 aromatic rings. The molecule has 1 nitrogen and oxygen atoms in total. The summed E-state index contributed by atoms with van der Waals surface area (Å²) in [5.41, 5.74) is 4.24. The first-order chi connectivity index (χ1) is 6.59. The molecule has 1 heterocycles. The average Bonchev–Trinajstić information content (AvgIpc) is 2.66. The number of hydrogen-bond acceptors (Lipinski definition) is 1. The Bertz CT molecular complexity index is 423. The van der Waals surface area contributed by atoms with Crippen molar-refractivity contribution in [2.24, 2.45) is 0 Å². The molecule has 0 saturated heterocycles. The molecule has 0 aromatic carbocycles. The standard InChI is InChI=1S/C12H13O.Zr/c1-8-6-11(7-9(8)2)12-5-4-10(3)13-12;/h4-7H,1-3H3;. The summed E-state index contributed by atoms with van der Waals surface area (Å²) in [7, 11) is 0. The van der Waals surface area contributed by atoms with Gasteiger partial charge in [-0.3, -0.25) is 0 Å². The summed E-state index contributed by atoms with van der Waals surface area (Å²) in [4.78, 5) is 0. The van der Waals surface area contributed by atoms with E-state index in [2.05, 4.69) is 26.0 Å². The third kappa shape index (κ3) is 1.61. The van der Waals surface area contributed by atoms with Crippen LogP contribution < -0.4 is 0 Å². The fourth-order valence-electron chi connectivity index (χ4n) is 1.69. The van der Waals surface area contributed by atoms with Crippen LogP contribution in [0.3, 0.4) is 0 Å². The van der Waals surface area contributed by atoms with Gasteiger partial charge in [-0.25, -0.2) is 0 Å². The average molecular weight is 264 g/mol. The van der Waals surface area contributed by atoms with Gasteiger partial charge in [0, 0.05) is 0 Å². The molecule has 2 rings (SSSR count). The molecule has 0 fully saturated rings. The van der Waals surface area contributed by atoms with Crippen LogP contribution in [0.25, 0.3) is 5.57 Å². The summed E-state index contributed by atoms with van der Waals surface area (Å²) in [5.74, 6) is 2.03. The van der Waals surface area contributed by atoms with Gasteiger partial charge >= 0.3 is 100.0 Å². The zero-order valence-corrected chi connectivity index (χ0v) is 11.2. The van der Waals surface area contributed by atoms with Crippen LogP contribution in [0.5, 0.6) is 0 Å². The van der Waals surface area contributed by atoms with E-state index in [0.717, 1.165) is 11.5 Å². The van der Waals surface area contributed by atoms with Gasteiger partial charge in [-0.05, 0) is 0 Å². The van der Waals surface area contributed by atoms with Gasteiger partial charge in [0.05, 0.1) is 0 Å². The summed E-state index contributed by atoms with van der Waals surface area (Å²) in [5, 5.41) is 0. The van der Waals surface area contributed by atoms with Gasteiger partial charge in [-0.1, -0.05) is 0 Å². The molecule has 0 aliphatic heterocycles. The van der Waals surface area contributed by atoms with Gasteiger partial charge in [0.25, 0.3) is 0 Å². The molecule has 1 atom stereocenters. The number of rotatable bonds is 1. The Kier molecular flexibility index (Phi) is 2.66. The molecule has 14 heavy (non-hydrogen) atoms. The Morgan fingerprint density at radius 2 is 1.93 bits per heavy atom. The van der Waals surface area contributed by atoms with E-state index in [1.54, 1.807) is 24.7 Å². The molecule has 1 unspecified atom stereocenters. The number of hydrogen-bond donors (Lipinski definition) is 0. The van der Waals surface area contributed by atoms with Crippen LogP contribution in [0.2, 0.25) is 3.63 Å². The molecule has 0 N–H and O–H groups in total. The van der Waals surface area contributed by atoms with Crippen LogP contribution in [-0.2, 0) is 24.7 Å². The topological polar surface area (TPSA) is 13.1 Å². The van der Waals surface area contributed by atoms with E-state index >= 15 is 0 Å². The fourth-order valence-corrected chi connectivity index (χ4v) is 2.81. The second kappa shape index (κ2) is 3.66. The van der Waals surface area contributed by atoms with Gasteiger partial charge < -0.3 is 0 Å². The van der Waals surface area contributed by atoms with Crippen molar-refractivity contribution in [1.29, 1.82) is 0 Å². The van der Waals surface area contributed by atoms with Gasteiger partial charge in [-0.2, -0.15) is 0 Å². The zero-order valence-electron chi connectivity index (χ0n) is 8.72. The minimum absolute atomic E-state index is 0.591. The molecule has 71 valence electrons. The molecule has 0 bridgehead atoms. The van der Waals surface area contributed by atoms with Gasteiger partial charge in [0.1, 0.15) is 0 Å².